The Hall–Kier alpha value is -3.05. The molecule has 2 aromatic heterocycles. The zero-order valence-corrected chi connectivity index (χ0v) is 17.8. The molecule has 0 unspecified atom stereocenters. The number of carbonyl (C=O) groups excluding carboxylic acids is 1. The number of ether oxygens (including phenoxy) is 1. The average Bonchev–Trinajstić information content (AvgIpc) is 3.60. The summed E-state index contributed by atoms with van der Waals surface area (Å²) in [5.41, 5.74) is 11.3. The fraction of sp³-hybridized carbons (Fsp3) is 0.476. The largest absolute Gasteiger partial charge is 0.378 e. The van der Waals surface area contributed by atoms with E-state index in [2.05, 4.69) is 20.6 Å². The van der Waals surface area contributed by atoms with Gasteiger partial charge in [0.2, 0.25) is 0 Å². The quantitative estimate of drug-likeness (QED) is 0.483. The van der Waals surface area contributed by atoms with E-state index in [1.54, 1.807) is 0 Å². The molecule has 1 aliphatic heterocycles. The van der Waals surface area contributed by atoms with E-state index in [1.165, 1.54) is 6.07 Å². The Morgan fingerprint density at radius 3 is 2.56 bits per heavy atom. The monoisotopic (exact) mass is 447 g/mol. The van der Waals surface area contributed by atoms with Gasteiger partial charge >= 0.3 is 0 Å². The molecule has 172 valence electrons. The van der Waals surface area contributed by atoms with Crippen LogP contribution < -0.4 is 27.0 Å². The summed E-state index contributed by atoms with van der Waals surface area (Å²) in [7, 11) is 0. The van der Waals surface area contributed by atoms with Crippen molar-refractivity contribution in [1.82, 2.24) is 9.97 Å². The van der Waals surface area contributed by atoms with Gasteiger partial charge in [0.05, 0.1) is 30.7 Å². The van der Waals surface area contributed by atoms with E-state index in [-0.39, 0.29) is 35.0 Å². The number of carbonyl (C=O) groups is 1. The molecule has 2 aromatic rings. The van der Waals surface area contributed by atoms with E-state index < -0.39 is 17.5 Å². The van der Waals surface area contributed by atoms with E-state index in [4.69, 9.17) is 16.2 Å². The first-order valence-corrected chi connectivity index (χ1v) is 10.6. The number of aromatic nitrogens is 2. The third-order valence-corrected chi connectivity index (χ3v) is 5.67. The van der Waals surface area contributed by atoms with Gasteiger partial charge in [0.25, 0.3) is 5.91 Å². The van der Waals surface area contributed by atoms with Gasteiger partial charge in [-0.15, -0.1) is 0 Å². The van der Waals surface area contributed by atoms with Gasteiger partial charge < -0.3 is 31.7 Å². The summed E-state index contributed by atoms with van der Waals surface area (Å²) < 4.78 is 34.6. The van der Waals surface area contributed by atoms with Gasteiger partial charge in [-0.3, -0.25) is 4.79 Å². The van der Waals surface area contributed by atoms with Crippen LogP contribution in [0.5, 0.6) is 0 Å². The van der Waals surface area contributed by atoms with Gasteiger partial charge in [0.15, 0.2) is 17.5 Å². The van der Waals surface area contributed by atoms with Crippen LogP contribution in [0.4, 0.5) is 31.9 Å². The molecule has 0 radical (unpaired) electrons. The van der Waals surface area contributed by atoms with Crippen molar-refractivity contribution in [3.05, 3.63) is 35.5 Å². The zero-order valence-electron chi connectivity index (χ0n) is 17.8. The van der Waals surface area contributed by atoms with E-state index in [1.807, 2.05) is 11.8 Å². The van der Waals surface area contributed by atoms with Gasteiger partial charge in [0.1, 0.15) is 11.6 Å². The van der Waals surface area contributed by atoms with Crippen LogP contribution in [0.3, 0.4) is 0 Å². The number of nitrogens with one attached hydrogen (secondary N) is 2. The minimum absolute atomic E-state index is 0.0417. The highest BCUT2D eigenvalue weighted by Crippen LogP contribution is 2.36. The number of hydrogen-bond acceptors (Lipinski definition) is 8. The van der Waals surface area contributed by atoms with Crippen molar-refractivity contribution in [1.29, 1.82) is 0 Å². The molecule has 9 nitrogen and oxygen atoms in total. The lowest BCUT2D eigenvalue weighted by Gasteiger charge is -2.28. The van der Waals surface area contributed by atoms with E-state index in [0.29, 0.717) is 38.0 Å². The molecular weight excluding hydrogens is 420 g/mol. The van der Waals surface area contributed by atoms with Gasteiger partial charge in [-0.25, -0.2) is 18.7 Å². The molecule has 4 rings (SSSR count). The molecule has 3 heterocycles. The number of nitrogens with zero attached hydrogens (tertiary/aromatic N) is 3. The van der Waals surface area contributed by atoms with Crippen LogP contribution in [0.2, 0.25) is 0 Å². The number of rotatable bonds is 8. The second-order valence-electron chi connectivity index (χ2n) is 8.19. The topological polar surface area (TPSA) is 131 Å². The smallest absolute Gasteiger partial charge is 0.252 e. The fourth-order valence-corrected chi connectivity index (χ4v) is 3.78. The first kappa shape index (κ1) is 22.2. The highest BCUT2D eigenvalue weighted by molar-refractivity contribution is 5.98. The fourth-order valence-electron chi connectivity index (χ4n) is 3.78. The number of nitrogens with two attached hydrogens (primary N) is 2. The molecule has 1 aliphatic carbocycles. The first-order chi connectivity index (χ1) is 15.3. The molecule has 0 aromatic carbocycles. The van der Waals surface area contributed by atoms with Crippen molar-refractivity contribution in [2.24, 2.45) is 17.4 Å². The standard InChI is InChI=1S/C21H27F2N7O2/c1-11(24)18(12-2-3-12)28-21-14(22)8-13(19(25)31)20(29-21)27-16-9-17(26-10-15(16)23)30-4-6-32-7-5-30/h8-12,18H,2-7,24H2,1H3,(H2,25,31)(H2,26,27,28,29)/t11-,18-/m0/s1. The predicted octanol–water partition coefficient (Wildman–Crippen LogP) is 1.97. The van der Waals surface area contributed by atoms with Crippen molar-refractivity contribution in [3.8, 4) is 0 Å². The summed E-state index contributed by atoms with van der Waals surface area (Å²) in [5, 5.41) is 5.84. The molecule has 2 fully saturated rings. The van der Waals surface area contributed by atoms with Crippen molar-refractivity contribution in [2.45, 2.75) is 31.8 Å². The van der Waals surface area contributed by atoms with Crippen LogP contribution in [0, 0.1) is 17.6 Å². The zero-order chi connectivity index (χ0) is 22.8. The molecule has 32 heavy (non-hydrogen) atoms. The van der Waals surface area contributed by atoms with Crippen molar-refractivity contribution in [2.75, 3.05) is 41.8 Å². The number of anilines is 4. The summed E-state index contributed by atoms with van der Waals surface area (Å²) in [4.78, 5) is 22.3. The minimum atomic E-state index is -0.890. The summed E-state index contributed by atoms with van der Waals surface area (Å²) in [6, 6.07) is 2.10. The number of morpholine rings is 1. The average molecular weight is 447 g/mol. The van der Waals surface area contributed by atoms with Crippen LogP contribution >= 0.6 is 0 Å². The van der Waals surface area contributed by atoms with Crippen molar-refractivity contribution >= 4 is 29.0 Å². The lowest BCUT2D eigenvalue weighted by atomic mass is 10.1. The number of amides is 1. The maximum absolute atomic E-state index is 14.7. The Morgan fingerprint density at radius 1 is 1.22 bits per heavy atom. The van der Waals surface area contributed by atoms with Gasteiger partial charge in [0, 0.05) is 31.2 Å². The molecule has 1 amide bonds. The van der Waals surface area contributed by atoms with E-state index in [0.717, 1.165) is 25.1 Å². The third-order valence-electron chi connectivity index (χ3n) is 5.67. The van der Waals surface area contributed by atoms with Gasteiger partial charge in [-0.2, -0.15) is 0 Å². The highest BCUT2D eigenvalue weighted by Gasteiger charge is 2.34. The first-order valence-electron chi connectivity index (χ1n) is 10.6. The highest BCUT2D eigenvalue weighted by atomic mass is 19.1. The summed E-state index contributed by atoms with van der Waals surface area (Å²) >= 11 is 0. The Labute approximate surface area is 184 Å². The van der Waals surface area contributed by atoms with Crippen LogP contribution in [-0.2, 0) is 4.74 Å². The number of primary amides is 1. The maximum Gasteiger partial charge on any atom is 0.252 e. The molecule has 0 spiro atoms. The second-order valence-corrected chi connectivity index (χ2v) is 8.19. The second kappa shape index (κ2) is 9.21. The lowest BCUT2D eigenvalue weighted by molar-refractivity contribution is 0.100. The molecule has 6 N–H and O–H groups in total. The Balaban J connectivity index is 1.65. The number of hydrogen-bond donors (Lipinski definition) is 4. The van der Waals surface area contributed by atoms with Gasteiger partial charge in [-0.1, -0.05) is 0 Å². The van der Waals surface area contributed by atoms with E-state index in [9.17, 15) is 13.6 Å². The van der Waals surface area contributed by atoms with Gasteiger partial charge in [-0.05, 0) is 31.7 Å². The van der Waals surface area contributed by atoms with Crippen LogP contribution in [0.15, 0.2) is 18.3 Å². The van der Waals surface area contributed by atoms with Crippen molar-refractivity contribution in [3.63, 3.8) is 0 Å². The van der Waals surface area contributed by atoms with Crippen molar-refractivity contribution < 1.29 is 18.3 Å². The Bertz CT molecular complexity index is 992. The summed E-state index contributed by atoms with van der Waals surface area (Å²) in [5.74, 6) is -1.53. The molecule has 2 aliphatic rings. The molecular formula is C21H27F2N7O2. The third kappa shape index (κ3) is 4.89. The number of pyridine rings is 2. The minimum Gasteiger partial charge on any atom is -0.378 e. The normalized spacial score (nSPS) is 18.2. The molecule has 2 atom stereocenters. The Morgan fingerprint density at radius 2 is 1.94 bits per heavy atom. The molecule has 1 saturated carbocycles. The maximum atomic E-state index is 14.7. The predicted molar refractivity (Wildman–Crippen MR) is 117 cm³/mol. The summed E-state index contributed by atoms with van der Waals surface area (Å²) in [6.07, 6.45) is 3.08. The van der Waals surface area contributed by atoms with Crippen LogP contribution in [0.1, 0.15) is 30.1 Å². The lowest BCUT2D eigenvalue weighted by Crippen LogP contribution is -2.40. The SMILES string of the molecule is C[C@H](N)[C@H](Nc1nc(Nc2cc(N3CCOCC3)ncc2F)c(C(N)=O)cc1F)C1CC1. The van der Waals surface area contributed by atoms with E-state index >= 15 is 0 Å². The van der Waals surface area contributed by atoms with Crippen LogP contribution in [-0.4, -0.2) is 54.3 Å². The number of halogens is 2. The molecule has 0 bridgehead atoms. The Kier molecular flexibility index (Phi) is 6.38. The summed E-state index contributed by atoms with van der Waals surface area (Å²) in [6.45, 7) is 4.17. The van der Waals surface area contributed by atoms with Crippen LogP contribution in [0.25, 0.3) is 0 Å². The molecule has 1 saturated heterocycles. The molecule has 11 heteroatoms.